The number of ketones is 1. The van der Waals surface area contributed by atoms with E-state index in [0.717, 1.165) is 0 Å². The van der Waals surface area contributed by atoms with Crippen molar-refractivity contribution in [2.45, 2.75) is 17.6 Å². The maximum absolute atomic E-state index is 11.2. The van der Waals surface area contributed by atoms with Crippen LogP contribution < -0.4 is 0 Å². The van der Waals surface area contributed by atoms with Gasteiger partial charge in [-0.3, -0.25) is 4.79 Å². The summed E-state index contributed by atoms with van der Waals surface area (Å²) in [5.41, 5.74) is 1.06. The van der Waals surface area contributed by atoms with E-state index in [1.165, 1.54) is 6.92 Å². The van der Waals surface area contributed by atoms with Crippen LogP contribution in [0.1, 0.15) is 33.2 Å². The number of aromatic carboxylic acids is 1. The predicted molar refractivity (Wildman–Crippen MR) is 65.3 cm³/mol. The van der Waals surface area contributed by atoms with Gasteiger partial charge in [0.05, 0.1) is 10.4 Å². The van der Waals surface area contributed by atoms with Crippen LogP contribution in [0, 0.1) is 0 Å². The van der Waals surface area contributed by atoms with Gasteiger partial charge in [0, 0.05) is 5.88 Å². The lowest BCUT2D eigenvalue weighted by Gasteiger charge is -2.12. The SMILES string of the molecule is CC(=O)C(Br)c1cccc(CCl)c1C(=O)O. The Labute approximate surface area is 107 Å². The fourth-order valence-corrected chi connectivity index (χ4v) is 2.03. The molecule has 1 N–H and O–H groups in total. The lowest BCUT2D eigenvalue weighted by atomic mass is 9.98. The van der Waals surface area contributed by atoms with Gasteiger partial charge >= 0.3 is 5.97 Å². The number of hydrogen-bond acceptors (Lipinski definition) is 2. The molecule has 0 aliphatic carbocycles. The average Bonchev–Trinajstić information content (AvgIpc) is 2.26. The van der Waals surface area contributed by atoms with E-state index in [2.05, 4.69) is 15.9 Å². The molecule has 5 heteroatoms. The van der Waals surface area contributed by atoms with Crippen LogP contribution in [0.4, 0.5) is 0 Å². The molecule has 1 rings (SSSR count). The highest BCUT2D eigenvalue weighted by atomic mass is 79.9. The second-order valence-electron chi connectivity index (χ2n) is 3.29. The van der Waals surface area contributed by atoms with E-state index in [0.29, 0.717) is 11.1 Å². The number of hydrogen-bond donors (Lipinski definition) is 1. The van der Waals surface area contributed by atoms with Crippen molar-refractivity contribution in [3.63, 3.8) is 0 Å². The molecule has 0 saturated heterocycles. The number of carbonyl (C=O) groups is 2. The summed E-state index contributed by atoms with van der Waals surface area (Å²) in [6.45, 7) is 1.40. The number of carboxylic acids is 1. The molecule has 16 heavy (non-hydrogen) atoms. The number of halogens is 2. The minimum absolute atomic E-state index is 0.104. The number of alkyl halides is 2. The van der Waals surface area contributed by atoms with Gasteiger partial charge in [-0.25, -0.2) is 4.79 Å². The largest absolute Gasteiger partial charge is 0.478 e. The maximum Gasteiger partial charge on any atom is 0.336 e. The van der Waals surface area contributed by atoms with Crippen molar-refractivity contribution in [3.8, 4) is 0 Å². The number of rotatable bonds is 4. The van der Waals surface area contributed by atoms with Gasteiger partial charge in [0.1, 0.15) is 5.78 Å². The van der Waals surface area contributed by atoms with E-state index >= 15 is 0 Å². The average molecular weight is 306 g/mol. The third kappa shape index (κ3) is 2.62. The summed E-state index contributed by atoms with van der Waals surface area (Å²) in [7, 11) is 0. The first-order chi connectivity index (χ1) is 7.49. The zero-order valence-corrected chi connectivity index (χ0v) is 10.9. The van der Waals surface area contributed by atoms with Gasteiger partial charge in [-0.05, 0) is 18.1 Å². The fraction of sp³-hybridized carbons (Fsp3) is 0.273. The van der Waals surface area contributed by atoms with Gasteiger partial charge < -0.3 is 5.11 Å². The Morgan fingerprint density at radius 3 is 2.56 bits per heavy atom. The van der Waals surface area contributed by atoms with E-state index in [4.69, 9.17) is 16.7 Å². The van der Waals surface area contributed by atoms with E-state index in [9.17, 15) is 9.59 Å². The Kier molecular flexibility index (Phi) is 4.50. The highest BCUT2D eigenvalue weighted by molar-refractivity contribution is 9.09. The smallest absolute Gasteiger partial charge is 0.336 e. The molecular weight excluding hydrogens is 295 g/mol. The van der Waals surface area contributed by atoms with Crippen molar-refractivity contribution in [2.24, 2.45) is 0 Å². The Morgan fingerprint density at radius 2 is 2.12 bits per heavy atom. The van der Waals surface area contributed by atoms with Gasteiger partial charge in [0.2, 0.25) is 0 Å². The topological polar surface area (TPSA) is 54.4 Å². The monoisotopic (exact) mass is 304 g/mol. The van der Waals surface area contributed by atoms with Crippen LogP contribution in [0.5, 0.6) is 0 Å². The number of Topliss-reactive ketones (excluding diaryl/α,β-unsaturated/α-hetero) is 1. The number of carbonyl (C=O) groups excluding carboxylic acids is 1. The van der Waals surface area contributed by atoms with Crippen molar-refractivity contribution in [3.05, 3.63) is 34.9 Å². The van der Waals surface area contributed by atoms with E-state index in [1.54, 1.807) is 18.2 Å². The molecule has 0 fully saturated rings. The first-order valence-electron chi connectivity index (χ1n) is 4.54. The lowest BCUT2D eigenvalue weighted by Crippen LogP contribution is -2.11. The van der Waals surface area contributed by atoms with E-state index in [-0.39, 0.29) is 17.2 Å². The molecule has 0 amide bonds. The third-order valence-corrected chi connectivity index (χ3v) is 3.60. The van der Waals surface area contributed by atoms with Crippen LogP contribution in [0.3, 0.4) is 0 Å². The van der Waals surface area contributed by atoms with Crippen molar-refractivity contribution in [2.75, 3.05) is 0 Å². The Morgan fingerprint density at radius 1 is 1.50 bits per heavy atom. The summed E-state index contributed by atoms with van der Waals surface area (Å²) < 4.78 is 0. The molecule has 1 aromatic carbocycles. The summed E-state index contributed by atoms with van der Waals surface area (Å²) in [5, 5.41) is 9.12. The highest BCUT2D eigenvalue weighted by Crippen LogP contribution is 2.29. The molecule has 86 valence electrons. The first-order valence-corrected chi connectivity index (χ1v) is 5.99. The van der Waals surface area contributed by atoms with Crippen LogP contribution in [0.25, 0.3) is 0 Å². The van der Waals surface area contributed by atoms with Gasteiger partial charge in [0.15, 0.2) is 0 Å². The molecule has 1 atom stereocenters. The van der Waals surface area contributed by atoms with Crippen molar-refractivity contribution >= 4 is 39.3 Å². The quantitative estimate of drug-likeness (QED) is 0.869. The van der Waals surface area contributed by atoms with E-state index in [1.807, 2.05) is 0 Å². The summed E-state index contributed by atoms with van der Waals surface area (Å²) in [5.74, 6) is -1.11. The predicted octanol–water partition coefficient (Wildman–Crippen LogP) is 3.15. The number of carboxylic acid groups (broad SMARTS) is 1. The maximum atomic E-state index is 11.2. The standard InChI is InChI=1S/C11H10BrClO3/c1-6(14)10(12)8-4-2-3-7(5-13)9(8)11(15)16/h2-4,10H,5H2,1H3,(H,15,16). The minimum atomic E-state index is -1.07. The minimum Gasteiger partial charge on any atom is -0.478 e. The normalized spacial score (nSPS) is 12.2. The Balaban J connectivity index is 3.38. The van der Waals surface area contributed by atoms with Crippen LogP contribution in [-0.4, -0.2) is 16.9 Å². The molecule has 0 aliphatic rings. The van der Waals surface area contributed by atoms with Crippen molar-refractivity contribution in [1.82, 2.24) is 0 Å². The van der Waals surface area contributed by atoms with Gasteiger partial charge in [0.25, 0.3) is 0 Å². The summed E-state index contributed by atoms with van der Waals surface area (Å²) in [6.07, 6.45) is 0. The highest BCUT2D eigenvalue weighted by Gasteiger charge is 2.22. The van der Waals surface area contributed by atoms with Gasteiger partial charge in [-0.15, -0.1) is 11.6 Å². The van der Waals surface area contributed by atoms with Crippen LogP contribution in [0.2, 0.25) is 0 Å². The molecule has 0 radical (unpaired) electrons. The molecule has 0 bridgehead atoms. The van der Waals surface area contributed by atoms with Crippen LogP contribution in [0.15, 0.2) is 18.2 Å². The molecule has 0 aromatic heterocycles. The lowest BCUT2D eigenvalue weighted by molar-refractivity contribution is -0.116. The molecule has 0 aliphatic heterocycles. The summed E-state index contributed by atoms with van der Waals surface area (Å²) in [6, 6.07) is 4.94. The van der Waals surface area contributed by atoms with Crippen LogP contribution in [-0.2, 0) is 10.7 Å². The Hall–Kier alpha value is -0.870. The van der Waals surface area contributed by atoms with Crippen LogP contribution >= 0.6 is 27.5 Å². The van der Waals surface area contributed by atoms with Crippen molar-refractivity contribution < 1.29 is 14.7 Å². The molecule has 0 saturated carbocycles. The second-order valence-corrected chi connectivity index (χ2v) is 4.48. The molecule has 0 spiro atoms. The van der Waals surface area contributed by atoms with Crippen molar-refractivity contribution in [1.29, 1.82) is 0 Å². The zero-order chi connectivity index (χ0) is 12.3. The summed E-state index contributed by atoms with van der Waals surface area (Å²) >= 11 is 8.85. The Bertz CT molecular complexity index is 431. The fourth-order valence-electron chi connectivity index (χ4n) is 1.42. The third-order valence-electron chi connectivity index (χ3n) is 2.17. The molecule has 0 heterocycles. The first kappa shape index (κ1) is 13.2. The molecule has 1 aromatic rings. The molecule has 1 unspecified atom stereocenters. The van der Waals surface area contributed by atoms with Gasteiger partial charge in [-0.2, -0.15) is 0 Å². The van der Waals surface area contributed by atoms with Gasteiger partial charge in [-0.1, -0.05) is 34.1 Å². The second kappa shape index (κ2) is 5.46. The molecule has 3 nitrogen and oxygen atoms in total. The van der Waals surface area contributed by atoms with E-state index < -0.39 is 10.8 Å². The summed E-state index contributed by atoms with van der Waals surface area (Å²) in [4.78, 5) is 21.8. The number of benzene rings is 1. The molecular formula is C11H10BrClO3. The zero-order valence-electron chi connectivity index (χ0n) is 8.54.